The van der Waals surface area contributed by atoms with Crippen molar-refractivity contribution in [1.29, 1.82) is 0 Å². The number of carbonyl (C=O) groups is 1. The molecule has 1 aliphatic rings. The molecule has 0 aliphatic carbocycles. The highest BCUT2D eigenvalue weighted by atomic mass is 32.1. The van der Waals surface area contributed by atoms with Crippen molar-refractivity contribution in [3.63, 3.8) is 0 Å². The summed E-state index contributed by atoms with van der Waals surface area (Å²) in [4.78, 5) is 18.2. The van der Waals surface area contributed by atoms with Gasteiger partial charge in [-0.05, 0) is 13.5 Å². The van der Waals surface area contributed by atoms with Crippen molar-refractivity contribution in [2.75, 3.05) is 32.4 Å². The fourth-order valence-corrected chi connectivity index (χ4v) is 2.84. The number of nitrogen functional groups attached to an aromatic ring is 1. The van der Waals surface area contributed by atoms with Gasteiger partial charge in [0.25, 0.3) is 0 Å². The molecule has 0 unspecified atom stereocenters. The molecule has 6 nitrogen and oxygen atoms in total. The first-order chi connectivity index (χ1) is 9.06. The molecule has 0 spiro atoms. The summed E-state index contributed by atoms with van der Waals surface area (Å²) in [5.41, 5.74) is 6.43. The van der Waals surface area contributed by atoms with E-state index < -0.39 is 6.10 Å². The monoisotopic (exact) mass is 284 g/mol. The first-order valence-corrected chi connectivity index (χ1v) is 7.28. The van der Waals surface area contributed by atoms with Gasteiger partial charge in [0.05, 0.1) is 17.7 Å². The van der Waals surface area contributed by atoms with Crippen LogP contribution in [0.5, 0.6) is 0 Å². The van der Waals surface area contributed by atoms with Gasteiger partial charge in [0, 0.05) is 31.4 Å². The number of anilines is 1. The van der Waals surface area contributed by atoms with Crippen LogP contribution in [-0.4, -0.2) is 53.7 Å². The van der Waals surface area contributed by atoms with E-state index in [4.69, 9.17) is 5.73 Å². The third-order valence-corrected chi connectivity index (χ3v) is 4.09. The normalized spacial score (nSPS) is 24.3. The first-order valence-electron chi connectivity index (χ1n) is 6.40. The average molecular weight is 284 g/mol. The molecular formula is C12H20N4O2S. The molecule has 1 aliphatic heterocycles. The van der Waals surface area contributed by atoms with Crippen LogP contribution in [0.15, 0.2) is 5.38 Å². The zero-order valence-corrected chi connectivity index (χ0v) is 11.8. The number of nitrogens with zero attached hydrogens (tertiary/aromatic N) is 2. The van der Waals surface area contributed by atoms with Gasteiger partial charge >= 0.3 is 0 Å². The van der Waals surface area contributed by atoms with E-state index in [0.717, 1.165) is 12.2 Å². The summed E-state index contributed by atoms with van der Waals surface area (Å²) in [6.07, 6.45) is 0.779. The van der Waals surface area contributed by atoms with E-state index in [1.54, 1.807) is 0 Å². The van der Waals surface area contributed by atoms with Gasteiger partial charge < -0.3 is 21.1 Å². The Morgan fingerprint density at radius 3 is 3.21 bits per heavy atom. The minimum Gasteiger partial charge on any atom is -0.392 e. The van der Waals surface area contributed by atoms with E-state index in [-0.39, 0.29) is 11.8 Å². The van der Waals surface area contributed by atoms with E-state index in [1.165, 1.54) is 11.3 Å². The number of aliphatic hydroxyl groups excluding tert-OH is 1. The number of hydrogen-bond acceptors (Lipinski definition) is 6. The summed E-state index contributed by atoms with van der Waals surface area (Å²) >= 11 is 1.40. The maximum Gasteiger partial charge on any atom is 0.227 e. The van der Waals surface area contributed by atoms with Crippen molar-refractivity contribution in [3.8, 4) is 0 Å². The van der Waals surface area contributed by atoms with Crippen LogP contribution in [0.2, 0.25) is 0 Å². The highest BCUT2D eigenvalue weighted by molar-refractivity contribution is 7.13. The number of amides is 1. The van der Waals surface area contributed by atoms with Crippen LogP contribution in [-0.2, 0) is 11.2 Å². The molecule has 19 heavy (non-hydrogen) atoms. The summed E-state index contributed by atoms with van der Waals surface area (Å²) in [6.45, 7) is 1.97. The van der Waals surface area contributed by atoms with Crippen molar-refractivity contribution < 1.29 is 9.90 Å². The second-order valence-corrected chi connectivity index (χ2v) is 5.83. The molecule has 2 rings (SSSR count). The number of rotatable bonds is 4. The van der Waals surface area contributed by atoms with Crippen molar-refractivity contribution in [1.82, 2.24) is 15.2 Å². The number of nitrogens with one attached hydrogen (secondary N) is 1. The third kappa shape index (κ3) is 3.89. The van der Waals surface area contributed by atoms with E-state index in [1.807, 2.05) is 12.4 Å². The van der Waals surface area contributed by atoms with Crippen LogP contribution < -0.4 is 11.1 Å². The minimum atomic E-state index is -0.536. The highest BCUT2D eigenvalue weighted by Crippen LogP contribution is 2.16. The van der Waals surface area contributed by atoms with Crippen LogP contribution in [0.3, 0.4) is 0 Å². The Kier molecular flexibility index (Phi) is 4.73. The number of nitrogens with two attached hydrogens (primary N) is 1. The minimum absolute atomic E-state index is 0.0812. The fraction of sp³-hybridized carbons (Fsp3) is 0.667. The highest BCUT2D eigenvalue weighted by Gasteiger charge is 2.31. The summed E-state index contributed by atoms with van der Waals surface area (Å²) in [6, 6.07) is 0. The van der Waals surface area contributed by atoms with Gasteiger partial charge in [0.2, 0.25) is 5.91 Å². The predicted octanol–water partition coefficient (Wildman–Crippen LogP) is -0.303. The molecule has 1 saturated heterocycles. The van der Waals surface area contributed by atoms with Gasteiger partial charge in [-0.25, -0.2) is 4.98 Å². The molecule has 1 aromatic heterocycles. The number of aliphatic hydroxyl groups is 1. The van der Waals surface area contributed by atoms with Gasteiger partial charge in [-0.15, -0.1) is 11.3 Å². The van der Waals surface area contributed by atoms with Gasteiger partial charge in [0.15, 0.2) is 5.13 Å². The quantitative estimate of drug-likeness (QED) is 0.706. The smallest absolute Gasteiger partial charge is 0.227 e. The lowest BCUT2D eigenvalue weighted by atomic mass is 9.94. The molecule has 0 saturated carbocycles. The van der Waals surface area contributed by atoms with Gasteiger partial charge in [-0.1, -0.05) is 0 Å². The topological polar surface area (TPSA) is 91.5 Å². The second kappa shape index (κ2) is 6.31. The number of piperidine rings is 1. The Labute approximate surface area is 116 Å². The van der Waals surface area contributed by atoms with Crippen LogP contribution in [0.25, 0.3) is 0 Å². The van der Waals surface area contributed by atoms with Crippen molar-refractivity contribution in [2.45, 2.75) is 18.9 Å². The third-order valence-electron chi connectivity index (χ3n) is 3.37. The van der Waals surface area contributed by atoms with E-state index >= 15 is 0 Å². The Hall–Kier alpha value is -1.18. The number of aromatic nitrogens is 1. The molecule has 2 heterocycles. The maximum atomic E-state index is 12.0. The standard InChI is InChI=1S/C12H20N4O2S/c1-16-5-3-10(17)9(6-16)11(18)14-4-2-8-7-19-12(13)15-8/h7,9-10,17H,2-6H2,1H3,(H2,13,15)(H,14,18)/t9-,10+/m1/s1. The lowest BCUT2D eigenvalue weighted by Gasteiger charge is -2.32. The van der Waals surface area contributed by atoms with E-state index in [9.17, 15) is 9.90 Å². The SMILES string of the molecule is CN1CC[C@H](O)[C@H](C(=O)NCCc2csc(N)n2)C1. The summed E-state index contributed by atoms with van der Waals surface area (Å²) < 4.78 is 0. The van der Waals surface area contributed by atoms with E-state index in [0.29, 0.717) is 31.1 Å². The molecule has 4 N–H and O–H groups in total. The summed E-state index contributed by atoms with van der Waals surface area (Å²) in [5.74, 6) is -0.415. The number of thiazole rings is 1. The maximum absolute atomic E-state index is 12.0. The molecule has 0 bridgehead atoms. The Bertz CT molecular complexity index is 437. The fourth-order valence-electron chi connectivity index (χ4n) is 2.24. The number of hydrogen-bond donors (Lipinski definition) is 3. The molecule has 0 radical (unpaired) electrons. The Morgan fingerprint density at radius 2 is 2.53 bits per heavy atom. The number of carbonyl (C=O) groups excluding carboxylic acids is 1. The van der Waals surface area contributed by atoms with Crippen molar-refractivity contribution in [3.05, 3.63) is 11.1 Å². The van der Waals surface area contributed by atoms with Crippen LogP contribution in [0.4, 0.5) is 5.13 Å². The lowest BCUT2D eigenvalue weighted by molar-refractivity contribution is -0.131. The Balaban J connectivity index is 1.77. The van der Waals surface area contributed by atoms with Crippen molar-refractivity contribution in [2.24, 2.45) is 5.92 Å². The van der Waals surface area contributed by atoms with Gasteiger partial charge in [0.1, 0.15) is 0 Å². The zero-order valence-electron chi connectivity index (χ0n) is 11.0. The Morgan fingerprint density at radius 1 is 1.74 bits per heavy atom. The van der Waals surface area contributed by atoms with Crippen LogP contribution in [0, 0.1) is 5.92 Å². The molecular weight excluding hydrogens is 264 g/mol. The molecule has 2 atom stereocenters. The zero-order chi connectivity index (χ0) is 13.8. The first kappa shape index (κ1) is 14.2. The summed E-state index contributed by atoms with van der Waals surface area (Å²) in [7, 11) is 1.96. The molecule has 1 amide bonds. The predicted molar refractivity (Wildman–Crippen MR) is 74.9 cm³/mol. The molecule has 0 aromatic carbocycles. The van der Waals surface area contributed by atoms with Crippen molar-refractivity contribution >= 4 is 22.4 Å². The van der Waals surface area contributed by atoms with Gasteiger partial charge in [-0.2, -0.15) is 0 Å². The molecule has 1 aromatic rings. The lowest BCUT2D eigenvalue weighted by Crippen LogP contribution is -2.49. The largest absolute Gasteiger partial charge is 0.392 e. The molecule has 7 heteroatoms. The summed E-state index contributed by atoms with van der Waals surface area (Å²) in [5, 5.41) is 15.2. The molecule has 106 valence electrons. The molecule has 1 fully saturated rings. The average Bonchev–Trinajstić information content (AvgIpc) is 2.78. The second-order valence-electron chi connectivity index (χ2n) is 4.94. The number of likely N-dealkylation sites (tertiary alicyclic amines) is 1. The van der Waals surface area contributed by atoms with E-state index in [2.05, 4.69) is 15.2 Å². The van der Waals surface area contributed by atoms with Gasteiger partial charge in [-0.3, -0.25) is 4.79 Å². The van der Waals surface area contributed by atoms with Crippen LogP contribution >= 0.6 is 11.3 Å². The van der Waals surface area contributed by atoms with Crippen LogP contribution in [0.1, 0.15) is 12.1 Å².